The van der Waals surface area contributed by atoms with Gasteiger partial charge >= 0.3 is 24.4 Å². The van der Waals surface area contributed by atoms with E-state index in [4.69, 9.17) is 38.9 Å². The molecule has 0 amide bonds. The molecular weight excluding hydrogens is 538 g/mol. The van der Waals surface area contributed by atoms with E-state index in [1.165, 1.54) is 12.1 Å². The van der Waals surface area contributed by atoms with E-state index < -0.39 is 36.6 Å². The smallest absolute Gasteiger partial charge is 0.458 e. The van der Waals surface area contributed by atoms with E-state index in [2.05, 4.69) is 0 Å². The predicted molar refractivity (Wildman–Crippen MR) is 149 cm³/mol. The standard InChI is InChI=1S/C29H45NO11/c1-18(2)10-12-35-28(33)40-24-9-8-22(15-25(24)41-29(34)36-13-11-19(3)4)14-23(30)26(31)39-21(7)17-38-27(32)37-16-20(5)6/h8-9,15,18-21,23H,10-14,16-17,30H2,1-7H3/t21-,23-/m0/s1. The van der Waals surface area contributed by atoms with Gasteiger partial charge in [0.15, 0.2) is 11.5 Å². The second-order valence-corrected chi connectivity index (χ2v) is 10.9. The maximum Gasteiger partial charge on any atom is 0.513 e. The lowest BCUT2D eigenvalue weighted by atomic mass is 10.1. The number of hydrogen-bond acceptors (Lipinski definition) is 12. The van der Waals surface area contributed by atoms with E-state index in [-0.39, 0.29) is 50.3 Å². The lowest BCUT2D eigenvalue weighted by Crippen LogP contribution is -2.37. The zero-order valence-electron chi connectivity index (χ0n) is 25.1. The maximum absolute atomic E-state index is 12.5. The molecule has 12 heteroatoms. The summed E-state index contributed by atoms with van der Waals surface area (Å²) in [6.45, 7) is 13.6. The highest BCUT2D eigenvalue weighted by atomic mass is 16.7. The van der Waals surface area contributed by atoms with Gasteiger partial charge in [-0.1, -0.05) is 47.6 Å². The van der Waals surface area contributed by atoms with Crippen molar-refractivity contribution < 1.29 is 52.3 Å². The van der Waals surface area contributed by atoms with Crippen molar-refractivity contribution in [3.8, 4) is 11.5 Å². The molecule has 2 atom stereocenters. The molecule has 1 aromatic rings. The highest BCUT2D eigenvalue weighted by molar-refractivity contribution is 5.76. The van der Waals surface area contributed by atoms with Crippen LogP contribution in [-0.4, -0.2) is 63.0 Å². The van der Waals surface area contributed by atoms with Gasteiger partial charge in [-0.25, -0.2) is 14.4 Å². The van der Waals surface area contributed by atoms with Gasteiger partial charge in [-0.15, -0.1) is 0 Å². The Bertz CT molecular complexity index is 978. The van der Waals surface area contributed by atoms with Crippen LogP contribution in [0.1, 0.15) is 66.9 Å². The number of rotatable bonds is 16. The van der Waals surface area contributed by atoms with Gasteiger partial charge in [0.05, 0.1) is 19.8 Å². The summed E-state index contributed by atoms with van der Waals surface area (Å²) in [5, 5.41) is 0. The molecule has 0 saturated carbocycles. The highest BCUT2D eigenvalue weighted by Gasteiger charge is 2.22. The molecule has 0 aliphatic rings. The maximum atomic E-state index is 12.5. The van der Waals surface area contributed by atoms with Gasteiger partial charge in [0.1, 0.15) is 18.8 Å². The molecule has 0 bridgehead atoms. The van der Waals surface area contributed by atoms with Crippen molar-refractivity contribution in [2.24, 2.45) is 23.5 Å². The van der Waals surface area contributed by atoms with Gasteiger partial charge in [-0.2, -0.15) is 0 Å². The molecule has 1 rings (SSSR count). The minimum absolute atomic E-state index is 0.000707. The quantitative estimate of drug-likeness (QED) is 0.150. The zero-order chi connectivity index (χ0) is 30.9. The van der Waals surface area contributed by atoms with Crippen molar-refractivity contribution in [1.82, 2.24) is 0 Å². The van der Waals surface area contributed by atoms with Crippen LogP contribution in [0.5, 0.6) is 11.5 Å². The Labute approximate surface area is 242 Å². The first-order chi connectivity index (χ1) is 19.3. The Kier molecular flexibility index (Phi) is 16.2. The fraction of sp³-hybridized carbons (Fsp3) is 0.655. The van der Waals surface area contributed by atoms with E-state index in [0.717, 1.165) is 0 Å². The third-order valence-corrected chi connectivity index (χ3v) is 5.27. The highest BCUT2D eigenvalue weighted by Crippen LogP contribution is 2.30. The predicted octanol–water partition coefficient (Wildman–Crippen LogP) is 5.42. The summed E-state index contributed by atoms with van der Waals surface area (Å²) in [6.07, 6.45) is -2.27. The van der Waals surface area contributed by atoms with E-state index >= 15 is 0 Å². The van der Waals surface area contributed by atoms with Gasteiger partial charge in [0.2, 0.25) is 0 Å². The van der Waals surface area contributed by atoms with Crippen molar-refractivity contribution in [2.45, 2.75) is 79.9 Å². The van der Waals surface area contributed by atoms with Crippen LogP contribution < -0.4 is 15.2 Å². The van der Waals surface area contributed by atoms with Crippen LogP contribution in [0.15, 0.2) is 18.2 Å². The largest absolute Gasteiger partial charge is 0.513 e. The molecule has 0 spiro atoms. The van der Waals surface area contributed by atoms with Crippen LogP contribution in [0.25, 0.3) is 0 Å². The van der Waals surface area contributed by atoms with Gasteiger partial charge in [-0.05, 0) is 61.6 Å². The third kappa shape index (κ3) is 16.3. The average Bonchev–Trinajstić information content (AvgIpc) is 2.87. The zero-order valence-corrected chi connectivity index (χ0v) is 25.1. The molecule has 0 saturated heterocycles. The second-order valence-electron chi connectivity index (χ2n) is 10.9. The van der Waals surface area contributed by atoms with E-state index in [0.29, 0.717) is 30.2 Å². The van der Waals surface area contributed by atoms with Gasteiger partial charge in [0, 0.05) is 0 Å². The first kappa shape index (κ1) is 35.5. The lowest BCUT2D eigenvalue weighted by Gasteiger charge is -2.18. The first-order valence-electron chi connectivity index (χ1n) is 13.8. The second kappa shape index (κ2) is 18.7. The number of hydrogen-bond donors (Lipinski definition) is 1. The fourth-order valence-corrected chi connectivity index (χ4v) is 2.96. The van der Waals surface area contributed by atoms with Gasteiger partial charge in [-0.3, -0.25) is 4.79 Å². The summed E-state index contributed by atoms with van der Waals surface area (Å²) < 4.78 is 35.8. The van der Waals surface area contributed by atoms with Crippen LogP contribution in [0.3, 0.4) is 0 Å². The molecule has 0 unspecified atom stereocenters. The Morgan fingerprint density at radius 2 is 1.22 bits per heavy atom. The minimum Gasteiger partial charge on any atom is -0.458 e. The average molecular weight is 584 g/mol. The SMILES string of the molecule is CC(C)CCOC(=O)Oc1ccc(C[C@H](N)C(=O)O[C@@H](C)COC(=O)OCC(C)C)cc1OC(=O)OCCC(C)C. The molecule has 0 aliphatic heterocycles. The molecule has 0 fully saturated rings. The number of benzene rings is 1. The lowest BCUT2D eigenvalue weighted by molar-refractivity contribution is -0.152. The first-order valence-corrected chi connectivity index (χ1v) is 13.8. The number of ether oxygens (including phenoxy) is 7. The molecule has 1 aromatic carbocycles. The molecule has 0 aliphatic carbocycles. The van der Waals surface area contributed by atoms with E-state index in [1.807, 2.05) is 41.5 Å². The molecule has 2 N–H and O–H groups in total. The monoisotopic (exact) mass is 583 g/mol. The minimum atomic E-state index is -1.09. The molecule has 0 heterocycles. The van der Waals surface area contributed by atoms with E-state index in [9.17, 15) is 19.2 Å². The summed E-state index contributed by atoms with van der Waals surface area (Å²) in [6, 6.07) is 3.26. The molecular formula is C29H45NO11. The fourth-order valence-electron chi connectivity index (χ4n) is 2.96. The van der Waals surface area contributed by atoms with Crippen LogP contribution >= 0.6 is 0 Å². The number of nitrogens with two attached hydrogens (primary N) is 1. The summed E-state index contributed by atoms with van der Waals surface area (Å²) in [5.41, 5.74) is 6.52. The van der Waals surface area contributed by atoms with E-state index in [1.54, 1.807) is 13.0 Å². The third-order valence-electron chi connectivity index (χ3n) is 5.27. The summed E-state index contributed by atoms with van der Waals surface area (Å²) in [7, 11) is 0. The molecule has 232 valence electrons. The summed E-state index contributed by atoms with van der Waals surface area (Å²) >= 11 is 0. The number of esters is 1. The van der Waals surface area contributed by atoms with Crippen LogP contribution in [-0.2, 0) is 34.9 Å². The Morgan fingerprint density at radius 1 is 0.683 bits per heavy atom. The van der Waals surface area contributed by atoms with Crippen LogP contribution in [0.4, 0.5) is 14.4 Å². The van der Waals surface area contributed by atoms with Crippen molar-refractivity contribution in [2.75, 3.05) is 26.4 Å². The van der Waals surface area contributed by atoms with Crippen molar-refractivity contribution in [3.05, 3.63) is 23.8 Å². The summed E-state index contributed by atoms with van der Waals surface area (Å²) in [5.74, 6) is -0.114. The number of carbonyl (C=O) groups excluding carboxylic acids is 4. The van der Waals surface area contributed by atoms with Crippen molar-refractivity contribution in [1.29, 1.82) is 0 Å². The normalized spacial score (nSPS) is 12.5. The molecule has 12 nitrogen and oxygen atoms in total. The molecule has 0 aromatic heterocycles. The van der Waals surface area contributed by atoms with Crippen molar-refractivity contribution in [3.63, 3.8) is 0 Å². The van der Waals surface area contributed by atoms with Gasteiger partial charge in [0.25, 0.3) is 0 Å². The summed E-state index contributed by atoms with van der Waals surface area (Å²) in [4.78, 5) is 48.5. The Morgan fingerprint density at radius 3 is 1.76 bits per heavy atom. The molecule has 0 radical (unpaired) electrons. The topological polar surface area (TPSA) is 159 Å². The van der Waals surface area contributed by atoms with Crippen LogP contribution in [0.2, 0.25) is 0 Å². The van der Waals surface area contributed by atoms with Crippen LogP contribution in [0, 0.1) is 17.8 Å². The number of carbonyl (C=O) groups is 4. The van der Waals surface area contributed by atoms with Gasteiger partial charge < -0.3 is 38.9 Å². The Balaban J connectivity index is 2.83. The molecule has 41 heavy (non-hydrogen) atoms. The van der Waals surface area contributed by atoms with Crippen molar-refractivity contribution >= 4 is 24.4 Å². The Hall–Kier alpha value is -3.54.